The minimum absolute atomic E-state index is 0.211. The van der Waals surface area contributed by atoms with Crippen molar-refractivity contribution in [2.24, 2.45) is 0 Å². The molecule has 0 aliphatic heterocycles. The van der Waals surface area contributed by atoms with Crippen LogP contribution in [0.4, 0.5) is 0 Å². The highest BCUT2D eigenvalue weighted by Gasteiger charge is 2.10. The standard InChI is InChI=1S/C14H13N5OS/c1-9-16-11(8-21-9)14(20)15-7-12-17-13(19-18-12)10-5-3-2-4-6-10/h2-6,8H,7H2,1H3,(H,15,20)(H,17,18,19). The monoisotopic (exact) mass is 299 g/mol. The van der Waals surface area contributed by atoms with E-state index in [1.54, 1.807) is 5.38 Å². The summed E-state index contributed by atoms with van der Waals surface area (Å²) in [4.78, 5) is 20.4. The number of hydrogen-bond acceptors (Lipinski definition) is 5. The average Bonchev–Trinajstić information content (AvgIpc) is 3.15. The van der Waals surface area contributed by atoms with Crippen molar-refractivity contribution in [3.8, 4) is 11.4 Å². The second-order valence-corrected chi connectivity index (χ2v) is 5.47. The predicted molar refractivity (Wildman–Crippen MR) is 79.8 cm³/mol. The molecular formula is C14H13N5OS. The Morgan fingerprint density at radius 1 is 1.29 bits per heavy atom. The number of nitrogens with zero attached hydrogens (tertiary/aromatic N) is 3. The van der Waals surface area contributed by atoms with Crippen molar-refractivity contribution in [3.05, 3.63) is 52.2 Å². The number of amides is 1. The van der Waals surface area contributed by atoms with E-state index in [1.165, 1.54) is 11.3 Å². The van der Waals surface area contributed by atoms with E-state index in [1.807, 2.05) is 37.3 Å². The molecule has 1 amide bonds. The molecule has 21 heavy (non-hydrogen) atoms. The Labute approximate surface area is 125 Å². The van der Waals surface area contributed by atoms with Gasteiger partial charge >= 0.3 is 0 Å². The summed E-state index contributed by atoms with van der Waals surface area (Å²) < 4.78 is 0. The van der Waals surface area contributed by atoms with Crippen LogP contribution in [0.15, 0.2) is 35.7 Å². The van der Waals surface area contributed by atoms with E-state index < -0.39 is 0 Å². The molecule has 0 spiro atoms. The van der Waals surface area contributed by atoms with Gasteiger partial charge in [0.1, 0.15) is 11.5 Å². The number of aryl methyl sites for hydroxylation is 1. The van der Waals surface area contributed by atoms with Gasteiger partial charge in [0.05, 0.1) is 11.6 Å². The molecule has 106 valence electrons. The number of thiazole rings is 1. The van der Waals surface area contributed by atoms with Crippen LogP contribution in [0.3, 0.4) is 0 Å². The quantitative estimate of drug-likeness (QED) is 0.773. The van der Waals surface area contributed by atoms with E-state index >= 15 is 0 Å². The Hall–Kier alpha value is -2.54. The van der Waals surface area contributed by atoms with Crippen molar-refractivity contribution in [2.75, 3.05) is 0 Å². The fraction of sp³-hybridized carbons (Fsp3) is 0.143. The Morgan fingerprint density at radius 3 is 2.81 bits per heavy atom. The summed E-state index contributed by atoms with van der Waals surface area (Å²) in [6.45, 7) is 2.15. The van der Waals surface area contributed by atoms with Gasteiger partial charge in [-0.25, -0.2) is 9.97 Å². The van der Waals surface area contributed by atoms with Crippen LogP contribution in [0, 0.1) is 6.92 Å². The number of aromatic amines is 1. The molecule has 3 rings (SSSR count). The fourth-order valence-corrected chi connectivity index (χ4v) is 2.41. The highest BCUT2D eigenvalue weighted by molar-refractivity contribution is 7.09. The van der Waals surface area contributed by atoms with Gasteiger partial charge in [0.15, 0.2) is 5.82 Å². The van der Waals surface area contributed by atoms with Gasteiger partial charge in [0, 0.05) is 10.9 Å². The molecule has 2 N–H and O–H groups in total. The summed E-state index contributed by atoms with van der Waals surface area (Å²) in [6.07, 6.45) is 0. The third-order valence-electron chi connectivity index (χ3n) is 2.83. The van der Waals surface area contributed by atoms with E-state index in [0.29, 0.717) is 17.3 Å². The lowest BCUT2D eigenvalue weighted by atomic mass is 10.2. The molecule has 0 bridgehead atoms. The molecule has 0 saturated carbocycles. The molecular weight excluding hydrogens is 286 g/mol. The van der Waals surface area contributed by atoms with Crippen LogP contribution in [-0.2, 0) is 6.54 Å². The first-order valence-electron chi connectivity index (χ1n) is 6.39. The second kappa shape index (κ2) is 5.84. The summed E-state index contributed by atoms with van der Waals surface area (Å²) >= 11 is 1.45. The number of carbonyl (C=O) groups is 1. The average molecular weight is 299 g/mol. The van der Waals surface area contributed by atoms with Crippen LogP contribution in [-0.4, -0.2) is 26.1 Å². The van der Waals surface area contributed by atoms with E-state index in [4.69, 9.17) is 0 Å². The SMILES string of the molecule is Cc1nc(C(=O)NCc2nc(-c3ccccc3)n[nH]2)cs1. The number of carbonyl (C=O) groups excluding carboxylic acids is 1. The molecule has 1 aromatic carbocycles. The third-order valence-corrected chi connectivity index (χ3v) is 3.61. The Morgan fingerprint density at radius 2 is 2.10 bits per heavy atom. The smallest absolute Gasteiger partial charge is 0.271 e. The highest BCUT2D eigenvalue weighted by atomic mass is 32.1. The van der Waals surface area contributed by atoms with Crippen LogP contribution >= 0.6 is 11.3 Å². The van der Waals surface area contributed by atoms with Gasteiger partial charge in [-0.15, -0.1) is 11.3 Å². The van der Waals surface area contributed by atoms with Crippen LogP contribution < -0.4 is 5.32 Å². The van der Waals surface area contributed by atoms with Crippen molar-refractivity contribution in [1.29, 1.82) is 0 Å². The van der Waals surface area contributed by atoms with Crippen LogP contribution in [0.25, 0.3) is 11.4 Å². The van der Waals surface area contributed by atoms with Crippen molar-refractivity contribution in [2.45, 2.75) is 13.5 Å². The number of nitrogens with one attached hydrogen (secondary N) is 2. The minimum Gasteiger partial charge on any atom is -0.343 e. The number of H-pyrrole nitrogens is 1. The number of hydrogen-bond donors (Lipinski definition) is 2. The maximum atomic E-state index is 11.9. The lowest BCUT2D eigenvalue weighted by Crippen LogP contribution is -2.23. The molecule has 0 aliphatic rings. The van der Waals surface area contributed by atoms with Crippen molar-refractivity contribution in [3.63, 3.8) is 0 Å². The molecule has 6 nitrogen and oxygen atoms in total. The Bertz CT molecular complexity index is 750. The van der Waals surface area contributed by atoms with Gasteiger partial charge < -0.3 is 5.32 Å². The van der Waals surface area contributed by atoms with Crippen LogP contribution in [0.5, 0.6) is 0 Å². The van der Waals surface area contributed by atoms with Gasteiger partial charge in [-0.3, -0.25) is 9.89 Å². The van der Waals surface area contributed by atoms with Crippen molar-refractivity contribution < 1.29 is 4.79 Å². The minimum atomic E-state index is -0.211. The van der Waals surface area contributed by atoms with Gasteiger partial charge in [-0.05, 0) is 6.92 Å². The van der Waals surface area contributed by atoms with E-state index in [9.17, 15) is 4.79 Å². The van der Waals surface area contributed by atoms with E-state index in [2.05, 4.69) is 25.5 Å². The van der Waals surface area contributed by atoms with Gasteiger partial charge in [0.2, 0.25) is 0 Å². The molecule has 0 radical (unpaired) electrons. The fourth-order valence-electron chi connectivity index (χ4n) is 1.81. The second-order valence-electron chi connectivity index (χ2n) is 4.41. The molecule has 0 aliphatic carbocycles. The zero-order valence-corrected chi connectivity index (χ0v) is 12.1. The molecule has 0 atom stereocenters. The van der Waals surface area contributed by atoms with E-state index in [-0.39, 0.29) is 12.5 Å². The topological polar surface area (TPSA) is 83.6 Å². The molecule has 7 heteroatoms. The van der Waals surface area contributed by atoms with Crippen LogP contribution in [0.1, 0.15) is 21.3 Å². The molecule has 3 aromatic rings. The van der Waals surface area contributed by atoms with E-state index in [0.717, 1.165) is 10.6 Å². The first kappa shape index (κ1) is 13.4. The summed E-state index contributed by atoms with van der Waals surface area (Å²) in [7, 11) is 0. The van der Waals surface area contributed by atoms with Gasteiger partial charge in [-0.1, -0.05) is 30.3 Å². The highest BCUT2D eigenvalue weighted by Crippen LogP contribution is 2.13. The summed E-state index contributed by atoms with van der Waals surface area (Å²) in [5.74, 6) is 1.01. The molecule has 0 fully saturated rings. The zero-order chi connectivity index (χ0) is 14.7. The molecule has 0 saturated heterocycles. The maximum absolute atomic E-state index is 11.9. The number of benzene rings is 1. The third kappa shape index (κ3) is 3.14. The normalized spacial score (nSPS) is 10.5. The maximum Gasteiger partial charge on any atom is 0.271 e. The molecule has 2 aromatic heterocycles. The molecule has 2 heterocycles. The van der Waals surface area contributed by atoms with Crippen LogP contribution in [0.2, 0.25) is 0 Å². The zero-order valence-electron chi connectivity index (χ0n) is 11.3. The summed E-state index contributed by atoms with van der Waals surface area (Å²) in [6, 6.07) is 9.66. The van der Waals surface area contributed by atoms with Gasteiger partial charge in [-0.2, -0.15) is 5.10 Å². The largest absolute Gasteiger partial charge is 0.343 e. The molecule has 0 unspecified atom stereocenters. The van der Waals surface area contributed by atoms with Crippen molar-refractivity contribution in [1.82, 2.24) is 25.5 Å². The summed E-state index contributed by atoms with van der Waals surface area (Å²) in [5, 5.41) is 12.3. The lowest BCUT2D eigenvalue weighted by Gasteiger charge is -1.99. The summed E-state index contributed by atoms with van der Waals surface area (Å²) in [5.41, 5.74) is 1.36. The number of rotatable bonds is 4. The number of aromatic nitrogens is 4. The van der Waals surface area contributed by atoms with Gasteiger partial charge in [0.25, 0.3) is 5.91 Å². The predicted octanol–water partition coefficient (Wildman–Crippen LogP) is 2.17. The van der Waals surface area contributed by atoms with Crippen molar-refractivity contribution >= 4 is 17.2 Å². The Kier molecular flexibility index (Phi) is 3.74. The first-order chi connectivity index (χ1) is 10.2. The lowest BCUT2D eigenvalue weighted by molar-refractivity contribution is 0.0945. The Balaban J connectivity index is 1.64. The first-order valence-corrected chi connectivity index (χ1v) is 7.27.